The number of carbonyl (C=O) groups is 1. The van der Waals surface area contributed by atoms with Gasteiger partial charge in [0.15, 0.2) is 0 Å². The molecule has 0 aromatic heterocycles. The summed E-state index contributed by atoms with van der Waals surface area (Å²) in [5, 5.41) is 0. The Labute approximate surface area is 160 Å². The van der Waals surface area contributed by atoms with Crippen molar-refractivity contribution in [3.05, 3.63) is 48.0 Å². The Morgan fingerprint density at radius 2 is 1.79 bits per heavy atom. The highest BCUT2D eigenvalue weighted by atomic mass is 32.2. The van der Waals surface area contributed by atoms with Crippen LogP contribution in [0.5, 0.6) is 5.75 Å². The number of nitrogens with zero attached hydrogens (tertiary/aromatic N) is 1. The SMILES string of the molecule is COc1ccc(S(=O)(=O)Nc2ccc(C(F)(F)F)cc2)cc1N1CCCC1=O. The summed E-state index contributed by atoms with van der Waals surface area (Å²) >= 11 is 0. The van der Waals surface area contributed by atoms with E-state index < -0.39 is 21.8 Å². The predicted octanol–water partition coefficient (Wildman–Crippen LogP) is 3.64. The smallest absolute Gasteiger partial charge is 0.416 e. The molecular weight excluding hydrogens is 397 g/mol. The number of amides is 1. The van der Waals surface area contributed by atoms with Crippen LogP contribution in [0, 0.1) is 0 Å². The summed E-state index contributed by atoms with van der Waals surface area (Å²) < 4.78 is 70.7. The molecule has 6 nitrogen and oxygen atoms in total. The lowest BCUT2D eigenvalue weighted by atomic mass is 10.2. The third-order valence-electron chi connectivity index (χ3n) is 4.29. The van der Waals surface area contributed by atoms with Crippen LogP contribution in [-0.4, -0.2) is 28.0 Å². The molecular formula is C18H17F3N2O4S. The van der Waals surface area contributed by atoms with Crippen molar-refractivity contribution in [1.82, 2.24) is 0 Å². The highest BCUT2D eigenvalue weighted by molar-refractivity contribution is 7.92. The number of anilines is 2. The largest absolute Gasteiger partial charge is 0.495 e. The molecule has 0 aliphatic carbocycles. The average Bonchev–Trinajstić information content (AvgIpc) is 3.06. The van der Waals surface area contributed by atoms with Gasteiger partial charge in [0, 0.05) is 18.7 Å². The molecule has 1 fully saturated rings. The first-order chi connectivity index (χ1) is 13.1. The minimum absolute atomic E-state index is 0.0115. The van der Waals surface area contributed by atoms with Crippen molar-refractivity contribution in [2.24, 2.45) is 0 Å². The first-order valence-corrected chi connectivity index (χ1v) is 9.78. The minimum atomic E-state index is -4.51. The van der Waals surface area contributed by atoms with Crippen molar-refractivity contribution < 1.29 is 31.1 Å². The predicted molar refractivity (Wildman–Crippen MR) is 96.8 cm³/mol. The molecule has 1 amide bonds. The van der Waals surface area contributed by atoms with Crippen LogP contribution in [0.25, 0.3) is 0 Å². The van der Waals surface area contributed by atoms with Gasteiger partial charge in [-0.2, -0.15) is 13.2 Å². The Bertz CT molecular complexity index is 989. The number of alkyl halides is 3. The molecule has 150 valence electrons. The number of carbonyl (C=O) groups excluding carboxylic acids is 1. The van der Waals surface area contributed by atoms with E-state index >= 15 is 0 Å². The normalized spacial score (nSPS) is 15.0. The average molecular weight is 414 g/mol. The molecule has 1 aliphatic rings. The molecule has 1 N–H and O–H groups in total. The van der Waals surface area contributed by atoms with Gasteiger partial charge in [0.1, 0.15) is 5.75 Å². The summed E-state index contributed by atoms with van der Waals surface area (Å²) in [6, 6.07) is 7.70. The number of methoxy groups -OCH3 is 1. The van der Waals surface area contributed by atoms with Gasteiger partial charge < -0.3 is 9.64 Å². The van der Waals surface area contributed by atoms with Gasteiger partial charge in [-0.1, -0.05) is 0 Å². The molecule has 1 aliphatic heterocycles. The van der Waals surface area contributed by atoms with Gasteiger partial charge in [0.05, 0.1) is 23.3 Å². The Morgan fingerprint density at radius 3 is 2.32 bits per heavy atom. The molecule has 0 atom stereocenters. The zero-order chi connectivity index (χ0) is 20.5. The number of ether oxygens (including phenoxy) is 1. The highest BCUT2D eigenvalue weighted by Gasteiger charge is 2.30. The number of hydrogen-bond acceptors (Lipinski definition) is 4. The van der Waals surface area contributed by atoms with E-state index in [1.165, 1.54) is 30.2 Å². The van der Waals surface area contributed by atoms with Crippen molar-refractivity contribution in [3.8, 4) is 5.75 Å². The standard InChI is InChI=1S/C18H17F3N2O4S/c1-27-16-9-8-14(11-15(16)23-10-2-3-17(23)24)28(25,26)22-13-6-4-12(5-7-13)18(19,20)21/h4-9,11,22H,2-3,10H2,1H3. The van der Waals surface area contributed by atoms with Crippen LogP contribution >= 0.6 is 0 Å². The second-order valence-electron chi connectivity index (χ2n) is 6.16. The molecule has 1 heterocycles. The Kier molecular flexibility index (Phi) is 5.24. The third kappa shape index (κ3) is 4.06. The fourth-order valence-electron chi connectivity index (χ4n) is 2.89. The number of rotatable bonds is 5. The summed E-state index contributed by atoms with van der Waals surface area (Å²) in [6.07, 6.45) is -3.49. The molecule has 3 rings (SSSR count). The van der Waals surface area contributed by atoms with Crippen LogP contribution < -0.4 is 14.4 Å². The fourth-order valence-corrected chi connectivity index (χ4v) is 3.97. The van der Waals surface area contributed by atoms with E-state index in [9.17, 15) is 26.4 Å². The van der Waals surface area contributed by atoms with E-state index in [4.69, 9.17) is 4.74 Å². The van der Waals surface area contributed by atoms with Crippen LogP contribution in [-0.2, 0) is 21.0 Å². The summed E-state index contributed by atoms with van der Waals surface area (Å²) in [6.45, 7) is 0.449. The van der Waals surface area contributed by atoms with Crippen LogP contribution in [0.4, 0.5) is 24.5 Å². The van der Waals surface area contributed by atoms with Crippen LogP contribution in [0.1, 0.15) is 18.4 Å². The van der Waals surface area contributed by atoms with Crippen molar-refractivity contribution in [1.29, 1.82) is 0 Å². The topological polar surface area (TPSA) is 75.7 Å². The second kappa shape index (κ2) is 7.34. The van der Waals surface area contributed by atoms with E-state index in [2.05, 4.69) is 4.72 Å². The number of nitrogens with one attached hydrogen (secondary N) is 1. The maximum atomic E-state index is 12.7. The lowest BCUT2D eigenvalue weighted by molar-refractivity contribution is -0.137. The van der Waals surface area contributed by atoms with Gasteiger partial charge in [-0.05, 0) is 48.9 Å². The Balaban J connectivity index is 1.90. The zero-order valence-electron chi connectivity index (χ0n) is 14.8. The van der Waals surface area contributed by atoms with Crippen LogP contribution in [0.3, 0.4) is 0 Å². The molecule has 2 aromatic carbocycles. The molecule has 0 spiro atoms. The molecule has 0 bridgehead atoms. The van der Waals surface area contributed by atoms with Crippen molar-refractivity contribution >= 4 is 27.3 Å². The lowest BCUT2D eigenvalue weighted by Crippen LogP contribution is -2.24. The molecule has 2 aromatic rings. The highest BCUT2D eigenvalue weighted by Crippen LogP contribution is 2.34. The molecule has 0 unspecified atom stereocenters. The van der Waals surface area contributed by atoms with Crippen molar-refractivity contribution in [3.63, 3.8) is 0 Å². The van der Waals surface area contributed by atoms with Gasteiger partial charge in [0.2, 0.25) is 5.91 Å². The first kappa shape index (κ1) is 20.0. The lowest BCUT2D eigenvalue weighted by Gasteiger charge is -2.20. The maximum absolute atomic E-state index is 12.7. The summed E-state index contributed by atoms with van der Waals surface area (Å²) in [5.41, 5.74) is -0.558. The number of hydrogen-bond donors (Lipinski definition) is 1. The molecule has 0 saturated carbocycles. The third-order valence-corrected chi connectivity index (χ3v) is 5.67. The molecule has 0 radical (unpaired) electrons. The first-order valence-electron chi connectivity index (χ1n) is 8.30. The quantitative estimate of drug-likeness (QED) is 0.811. The Morgan fingerprint density at radius 1 is 1.11 bits per heavy atom. The molecule has 10 heteroatoms. The van der Waals surface area contributed by atoms with Crippen molar-refractivity contribution in [2.75, 3.05) is 23.3 Å². The van der Waals surface area contributed by atoms with Crippen LogP contribution in [0.15, 0.2) is 47.4 Å². The van der Waals surface area contributed by atoms with Crippen LogP contribution in [0.2, 0.25) is 0 Å². The molecule has 1 saturated heterocycles. The number of sulfonamides is 1. The van der Waals surface area contributed by atoms with E-state index in [1.807, 2.05) is 0 Å². The van der Waals surface area contributed by atoms with Gasteiger partial charge in [0.25, 0.3) is 10.0 Å². The van der Waals surface area contributed by atoms with Gasteiger partial charge in [-0.25, -0.2) is 8.42 Å². The monoisotopic (exact) mass is 414 g/mol. The molecule has 28 heavy (non-hydrogen) atoms. The second-order valence-corrected chi connectivity index (χ2v) is 7.85. The zero-order valence-corrected chi connectivity index (χ0v) is 15.6. The summed E-state index contributed by atoms with van der Waals surface area (Å²) in [7, 11) is -2.67. The number of benzene rings is 2. The van der Waals surface area contributed by atoms with E-state index in [1.54, 1.807) is 0 Å². The Hall–Kier alpha value is -2.75. The summed E-state index contributed by atoms with van der Waals surface area (Å²) in [5.74, 6) is 0.215. The maximum Gasteiger partial charge on any atom is 0.416 e. The van der Waals surface area contributed by atoms with E-state index in [0.717, 1.165) is 24.3 Å². The minimum Gasteiger partial charge on any atom is -0.495 e. The van der Waals surface area contributed by atoms with Gasteiger partial charge in [-0.15, -0.1) is 0 Å². The summed E-state index contributed by atoms with van der Waals surface area (Å²) in [4.78, 5) is 13.3. The van der Waals surface area contributed by atoms with Crippen molar-refractivity contribution in [2.45, 2.75) is 23.9 Å². The fraction of sp³-hybridized carbons (Fsp3) is 0.278. The number of halogens is 3. The van der Waals surface area contributed by atoms with E-state index in [0.29, 0.717) is 30.8 Å². The van der Waals surface area contributed by atoms with Gasteiger partial charge >= 0.3 is 6.18 Å². The van der Waals surface area contributed by atoms with Gasteiger partial charge in [-0.3, -0.25) is 9.52 Å². The van der Waals surface area contributed by atoms with E-state index in [-0.39, 0.29) is 16.5 Å².